The molecule has 2 nitrogen and oxygen atoms in total. The largest absolute Gasteiger partial charge is 0.478 e. The molecule has 13 heavy (non-hydrogen) atoms. The summed E-state index contributed by atoms with van der Waals surface area (Å²) >= 11 is 0. The van der Waals surface area contributed by atoms with Gasteiger partial charge >= 0.3 is 5.97 Å². The maximum Gasteiger partial charge on any atom is 0.327 e. The van der Waals surface area contributed by atoms with Gasteiger partial charge in [-0.1, -0.05) is 45.6 Å². The number of carboxylic acids is 1. The van der Waals surface area contributed by atoms with E-state index in [9.17, 15) is 4.79 Å². The lowest BCUT2D eigenvalue weighted by Gasteiger charge is -2.06. The third-order valence-electron chi connectivity index (χ3n) is 2.10. The Morgan fingerprint density at radius 1 is 1.46 bits per heavy atom. The molecular weight excluding hydrogens is 164 g/mol. The predicted molar refractivity (Wildman–Crippen MR) is 54.7 cm³/mol. The average Bonchev–Trinajstić information content (AvgIpc) is 2.04. The van der Waals surface area contributed by atoms with Crippen LogP contribution in [0.5, 0.6) is 0 Å². The smallest absolute Gasteiger partial charge is 0.327 e. The molecule has 1 N–H and O–H groups in total. The zero-order valence-electron chi connectivity index (χ0n) is 8.62. The highest BCUT2D eigenvalue weighted by molar-refractivity contribution is 5.79. The Balaban J connectivity index is 3.39. The Morgan fingerprint density at radius 2 is 2.15 bits per heavy atom. The number of hydrogen-bond donors (Lipinski definition) is 1. The van der Waals surface area contributed by atoms with Gasteiger partial charge in [-0.3, -0.25) is 0 Å². The fraction of sp³-hybridized carbons (Fsp3) is 0.727. The highest BCUT2D eigenvalue weighted by atomic mass is 16.4. The fourth-order valence-electron chi connectivity index (χ4n) is 1.26. The molecule has 0 bridgehead atoms. The van der Waals surface area contributed by atoms with Gasteiger partial charge in [0.25, 0.3) is 0 Å². The molecule has 0 saturated heterocycles. The molecular formula is C11H20O2. The van der Waals surface area contributed by atoms with E-state index in [0.29, 0.717) is 5.92 Å². The lowest BCUT2D eigenvalue weighted by atomic mass is 10.00. The monoisotopic (exact) mass is 184 g/mol. The van der Waals surface area contributed by atoms with Crippen molar-refractivity contribution < 1.29 is 9.90 Å². The third kappa shape index (κ3) is 9.12. The molecule has 0 radical (unpaired) electrons. The van der Waals surface area contributed by atoms with Gasteiger partial charge in [-0.05, 0) is 12.3 Å². The van der Waals surface area contributed by atoms with E-state index in [1.165, 1.54) is 31.8 Å². The summed E-state index contributed by atoms with van der Waals surface area (Å²) in [6.07, 6.45) is 8.87. The van der Waals surface area contributed by atoms with Crippen molar-refractivity contribution in [1.82, 2.24) is 0 Å². The summed E-state index contributed by atoms with van der Waals surface area (Å²) < 4.78 is 0. The van der Waals surface area contributed by atoms with Gasteiger partial charge in [0.15, 0.2) is 0 Å². The summed E-state index contributed by atoms with van der Waals surface area (Å²) in [5.74, 6) is -0.233. The van der Waals surface area contributed by atoms with Gasteiger partial charge in [0.2, 0.25) is 0 Å². The van der Waals surface area contributed by atoms with Crippen LogP contribution >= 0.6 is 0 Å². The zero-order valence-corrected chi connectivity index (χ0v) is 8.62. The summed E-state index contributed by atoms with van der Waals surface area (Å²) in [7, 11) is 0. The van der Waals surface area contributed by atoms with Gasteiger partial charge in [0.05, 0.1) is 0 Å². The van der Waals surface area contributed by atoms with Crippen LogP contribution in [0.15, 0.2) is 12.2 Å². The molecule has 76 valence electrons. The molecule has 0 aliphatic heterocycles. The zero-order chi connectivity index (χ0) is 10.1. The Hall–Kier alpha value is -0.790. The van der Waals surface area contributed by atoms with Crippen LogP contribution in [0.2, 0.25) is 0 Å². The third-order valence-corrected chi connectivity index (χ3v) is 2.10. The van der Waals surface area contributed by atoms with Crippen LogP contribution in [0, 0.1) is 5.92 Å². The summed E-state index contributed by atoms with van der Waals surface area (Å²) in [6.45, 7) is 4.36. The molecule has 0 aromatic rings. The second-order valence-corrected chi connectivity index (χ2v) is 3.58. The number of allylic oxidation sites excluding steroid dienone is 1. The lowest BCUT2D eigenvalue weighted by molar-refractivity contribution is -0.131. The lowest BCUT2D eigenvalue weighted by Crippen LogP contribution is -1.93. The molecule has 0 saturated carbocycles. The Kier molecular flexibility index (Phi) is 7.36. The first-order valence-electron chi connectivity index (χ1n) is 5.06. The van der Waals surface area contributed by atoms with Crippen molar-refractivity contribution >= 4 is 5.97 Å². The maximum absolute atomic E-state index is 10.2. The maximum atomic E-state index is 10.2. The Labute approximate surface area is 80.7 Å². The van der Waals surface area contributed by atoms with E-state index >= 15 is 0 Å². The number of carbonyl (C=O) groups is 1. The van der Waals surface area contributed by atoms with Crippen LogP contribution in [0.4, 0.5) is 0 Å². The first kappa shape index (κ1) is 12.2. The van der Waals surface area contributed by atoms with Crippen molar-refractivity contribution in [1.29, 1.82) is 0 Å². The van der Waals surface area contributed by atoms with Crippen LogP contribution in [0.25, 0.3) is 0 Å². The van der Waals surface area contributed by atoms with Gasteiger partial charge in [0, 0.05) is 6.08 Å². The predicted octanol–water partition coefficient (Wildman–Crippen LogP) is 3.23. The molecule has 0 aliphatic carbocycles. The van der Waals surface area contributed by atoms with E-state index in [0.717, 1.165) is 6.42 Å². The fourth-order valence-corrected chi connectivity index (χ4v) is 1.26. The first-order valence-corrected chi connectivity index (χ1v) is 5.06. The number of unbranched alkanes of at least 4 members (excludes halogenated alkanes) is 2. The number of rotatable bonds is 7. The van der Waals surface area contributed by atoms with Crippen molar-refractivity contribution in [2.24, 2.45) is 5.92 Å². The topological polar surface area (TPSA) is 37.3 Å². The summed E-state index contributed by atoms with van der Waals surface area (Å²) in [4.78, 5) is 10.2. The number of hydrogen-bond acceptors (Lipinski definition) is 1. The molecule has 0 aromatic carbocycles. The molecule has 2 heteroatoms. The van der Waals surface area contributed by atoms with E-state index in [1.807, 2.05) is 0 Å². The van der Waals surface area contributed by atoms with Gasteiger partial charge < -0.3 is 5.11 Å². The second kappa shape index (κ2) is 7.84. The highest BCUT2D eigenvalue weighted by Crippen LogP contribution is 2.13. The quantitative estimate of drug-likeness (QED) is 0.487. The Morgan fingerprint density at radius 3 is 2.69 bits per heavy atom. The second-order valence-electron chi connectivity index (χ2n) is 3.58. The standard InChI is InChI=1S/C11H20O2/c1-3-4-5-7-10(2)8-6-9-11(12)13/h6,9-10H,3-5,7-8H2,1-2H3,(H,12,13). The van der Waals surface area contributed by atoms with Crippen molar-refractivity contribution in [2.45, 2.75) is 46.0 Å². The minimum absolute atomic E-state index is 0.613. The summed E-state index contributed by atoms with van der Waals surface area (Å²) in [5.41, 5.74) is 0. The van der Waals surface area contributed by atoms with Crippen molar-refractivity contribution in [3.63, 3.8) is 0 Å². The first-order chi connectivity index (χ1) is 6.16. The minimum atomic E-state index is -0.847. The summed E-state index contributed by atoms with van der Waals surface area (Å²) in [6, 6.07) is 0. The molecule has 1 atom stereocenters. The van der Waals surface area contributed by atoms with Crippen molar-refractivity contribution in [2.75, 3.05) is 0 Å². The number of carboxylic acid groups (broad SMARTS) is 1. The average molecular weight is 184 g/mol. The molecule has 0 fully saturated rings. The normalized spacial score (nSPS) is 13.4. The van der Waals surface area contributed by atoms with E-state index in [-0.39, 0.29) is 0 Å². The molecule has 1 unspecified atom stereocenters. The van der Waals surface area contributed by atoms with Crippen molar-refractivity contribution in [3.05, 3.63) is 12.2 Å². The molecule has 0 aliphatic rings. The van der Waals surface area contributed by atoms with Gasteiger partial charge in [-0.25, -0.2) is 4.79 Å². The van der Waals surface area contributed by atoms with Gasteiger partial charge in [-0.15, -0.1) is 0 Å². The molecule has 0 amide bonds. The highest BCUT2D eigenvalue weighted by Gasteiger charge is 1.98. The van der Waals surface area contributed by atoms with Crippen LogP contribution in [-0.4, -0.2) is 11.1 Å². The molecule has 0 heterocycles. The molecule has 0 spiro atoms. The van der Waals surface area contributed by atoms with E-state index in [4.69, 9.17) is 5.11 Å². The van der Waals surface area contributed by atoms with Crippen LogP contribution in [0.3, 0.4) is 0 Å². The SMILES string of the molecule is CCCCCC(C)CC=CC(=O)O. The molecule has 0 rings (SSSR count). The van der Waals surface area contributed by atoms with E-state index < -0.39 is 5.97 Å². The van der Waals surface area contributed by atoms with Crippen LogP contribution in [-0.2, 0) is 4.79 Å². The van der Waals surface area contributed by atoms with E-state index in [2.05, 4.69) is 13.8 Å². The Bertz CT molecular complexity index is 161. The summed E-state index contributed by atoms with van der Waals surface area (Å²) in [5, 5.41) is 8.35. The van der Waals surface area contributed by atoms with Crippen LogP contribution in [0.1, 0.15) is 46.0 Å². The van der Waals surface area contributed by atoms with E-state index in [1.54, 1.807) is 6.08 Å². The number of aliphatic carboxylic acids is 1. The van der Waals surface area contributed by atoms with Crippen molar-refractivity contribution in [3.8, 4) is 0 Å². The van der Waals surface area contributed by atoms with Gasteiger partial charge in [-0.2, -0.15) is 0 Å². The minimum Gasteiger partial charge on any atom is -0.478 e. The van der Waals surface area contributed by atoms with Crippen LogP contribution < -0.4 is 0 Å². The van der Waals surface area contributed by atoms with Gasteiger partial charge in [0.1, 0.15) is 0 Å². The molecule has 0 aromatic heterocycles.